The van der Waals surface area contributed by atoms with Crippen LogP contribution >= 0.6 is 0 Å². The van der Waals surface area contributed by atoms with Crippen molar-refractivity contribution in [3.05, 3.63) is 0 Å². The van der Waals surface area contributed by atoms with Crippen LogP contribution in [-0.4, -0.2) is 48.8 Å². The monoisotopic (exact) mass is 282 g/mol. The fraction of sp³-hybridized carbons (Fsp3) is 1.00. The largest absolute Gasteiger partial charge is 0.378 e. The summed E-state index contributed by atoms with van der Waals surface area (Å²) in [7, 11) is 0. The molecule has 0 bridgehead atoms. The first kappa shape index (κ1) is 16.3. The van der Waals surface area contributed by atoms with Gasteiger partial charge in [0.2, 0.25) is 0 Å². The third-order valence-electron chi connectivity index (χ3n) is 5.27. The number of likely N-dealkylation sites (N-methyl/N-ethyl adjacent to an activating group) is 1. The second kappa shape index (κ2) is 7.77. The van der Waals surface area contributed by atoms with Crippen molar-refractivity contribution in [2.45, 2.75) is 83.4 Å². The molecule has 0 amide bonds. The maximum Gasteiger partial charge on any atom is 0.0576 e. The third kappa shape index (κ3) is 4.19. The molecule has 2 aliphatic heterocycles. The molecule has 0 aromatic rings. The molecule has 1 N–H and O–H groups in total. The molecule has 2 atom stereocenters. The van der Waals surface area contributed by atoms with Crippen LogP contribution in [0.4, 0.5) is 0 Å². The normalized spacial score (nSPS) is 26.2. The van der Waals surface area contributed by atoms with Gasteiger partial charge in [-0.25, -0.2) is 0 Å². The molecule has 0 aromatic carbocycles. The first-order chi connectivity index (χ1) is 9.64. The van der Waals surface area contributed by atoms with Crippen molar-refractivity contribution in [1.82, 2.24) is 10.2 Å². The topological polar surface area (TPSA) is 24.5 Å². The van der Waals surface area contributed by atoms with Crippen LogP contribution in [0.3, 0.4) is 0 Å². The van der Waals surface area contributed by atoms with Gasteiger partial charge in [-0.15, -0.1) is 0 Å². The van der Waals surface area contributed by atoms with E-state index < -0.39 is 0 Å². The van der Waals surface area contributed by atoms with Crippen molar-refractivity contribution < 1.29 is 4.74 Å². The summed E-state index contributed by atoms with van der Waals surface area (Å²) in [6.45, 7) is 11.7. The van der Waals surface area contributed by atoms with E-state index in [4.69, 9.17) is 4.74 Å². The summed E-state index contributed by atoms with van der Waals surface area (Å²) in [4.78, 5) is 2.69. The van der Waals surface area contributed by atoms with Gasteiger partial charge in [0.15, 0.2) is 0 Å². The van der Waals surface area contributed by atoms with Crippen molar-refractivity contribution in [2.24, 2.45) is 0 Å². The van der Waals surface area contributed by atoms with E-state index in [1.165, 1.54) is 58.0 Å². The summed E-state index contributed by atoms with van der Waals surface area (Å²) < 4.78 is 5.75. The molecule has 0 saturated carbocycles. The maximum atomic E-state index is 5.75. The highest BCUT2D eigenvalue weighted by atomic mass is 16.5. The Bertz CT molecular complexity index is 268. The van der Waals surface area contributed by atoms with Gasteiger partial charge >= 0.3 is 0 Å². The van der Waals surface area contributed by atoms with E-state index in [0.717, 1.165) is 13.2 Å². The summed E-state index contributed by atoms with van der Waals surface area (Å²) in [6.07, 6.45) is 9.65. The van der Waals surface area contributed by atoms with E-state index in [1.807, 2.05) is 0 Å². The number of nitrogens with zero attached hydrogens (tertiary/aromatic N) is 1. The Balaban J connectivity index is 1.81. The summed E-state index contributed by atoms with van der Waals surface area (Å²) in [5.74, 6) is 0. The fourth-order valence-corrected chi connectivity index (χ4v) is 3.89. The molecule has 20 heavy (non-hydrogen) atoms. The number of likely N-dealkylation sites (tertiary alicyclic amines) is 1. The molecule has 118 valence electrons. The minimum Gasteiger partial charge on any atom is -0.378 e. The Morgan fingerprint density at radius 3 is 2.60 bits per heavy atom. The SMILES string of the molecule is CCNC(CCCC1CCCO1)C(C)(C)N1CCCC1. The molecule has 0 aromatic heterocycles. The van der Waals surface area contributed by atoms with Crippen LogP contribution in [0.1, 0.15) is 65.7 Å². The summed E-state index contributed by atoms with van der Waals surface area (Å²) in [5.41, 5.74) is 0.281. The lowest BCUT2D eigenvalue weighted by Gasteiger charge is -2.43. The molecular weight excluding hydrogens is 248 g/mol. The molecule has 3 nitrogen and oxygen atoms in total. The Hall–Kier alpha value is -0.120. The molecule has 0 spiro atoms. The van der Waals surface area contributed by atoms with Crippen LogP contribution in [0.25, 0.3) is 0 Å². The van der Waals surface area contributed by atoms with Crippen molar-refractivity contribution in [3.8, 4) is 0 Å². The Morgan fingerprint density at radius 1 is 1.25 bits per heavy atom. The average Bonchev–Trinajstić information content (AvgIpc) is 3.11. The van der Waals surface area contributed by atoms with Gasteiger partial charge in [-0.05, 0) is 78.4 Å². The van der Waals surface area contributed by atoms with Crippen LogP contribution in [0.2, 0.25) is 0 Å². The van der Waals surface area contributed by atoms with Crippen LogP contribution in [0, 0.1) is 0 Å². The predicted molar refractivity (Wildman–Crippen MR) is 85.2 cm³/mol. The van der Waals surface area contributed by atoms with Gasteiger partial charge in [0.1, 0.15) is 0 Å². The molecule has 2 rings (SSSR count). The zero-order chi connectivity index (χ0) is 14.4. The standard InChI is InChI=1S/C17H34N2O/c1-4-18-16(11-7-9-15-10-8-14-20-15)17(2,3)19-12-5-6-13-19/h15-16,18H,4-14H2,1-3H3. The molecule has 2 fully saturated rings. The zero-order valence-corrected chi connectivity index (χ0v) is 13.8. The first-order valence-electron chi connectivity index (χ1n) is 8.74. The van der Waals surface area contributed by atoms with Gasteiger partial charge in [-0.3, -0.25) is 4.90 Å². The van der Waals surface area contributed by atoms with E-state index in [2.05, 4.69) is 31.0 Å². The number of rotatable bonds is 8. The Morgan fingerprint density at radius 2 is 2.00 bits per heavy atom. The van der Waals surface area contributed by atoms with Crippen LogP contribution in [0.15, 0.2) is 0 Å². The molecule has 3 heteroatoms. The lowest BCUT2D eigenvalue weighted by Crippen LogP contribution is -2.56. The molecular formula is C17H34N2O. The van der Waals surface area contributed by atoms with Gasteiger partial charge < -0.3 is 10.1 Å². The van der Waals surface area contributed by atoms with E-state index in [-0.39, 0.29) is 5.54 Å². The van der Waals surface area contributed by atoms with Crippen LogP contribution < -0.4 is 5.32 Å². The second-order valence-electron chi connectivity index (χ2n) is 7.02. The first-order valence-corrected chi connectivity index (χ1v) is 8.74. The smallest absolute Gasteiger partial charge is 0.0576 e. The minimum atomic E-state index is 0.281. The van der Waals surface area contributed by atoms with E-state index >= 15 is 0 Å². The lowest BCUT2D eigenvalue weighted by molar-refractivity contribution is 0.0860. The van der Waals surface area contributed by atoms with E-state index in [0.29, 0.717) is 12.1 Å². The molecule has 2 saturated heterocycles. The minimum absolute atomic E-state index is 0.281. The van der Waals surface area contributed by atoms with Gasteiger partial charge in [-0.1, -0.05) is 6.92 Å². The number of hydrogen-bond acceptors (Lipinski definition) is 3. The van der Waals surface area contributed by atoms with Gasteiger partial charge in [0, 0.05) is 18.2 Å². The fourth-order valence-electron chi connectivity index (χ4n) is 3.89. The number of hydrogen-bond donors (Lipinski definition) is 1. The van der Waals surface area contributed by atoms with Gasteiger partial charge in [-0.2, -0.15) is 0 Å². The highest BCUT2D eigenvalue weighted by Crippen LogP contribution is 2.28. The van der Waals surface area contributed by atoms with Gasteiger partial charge in [0.05, 0.1) is 6.10 Å². The predicted octanol–water partition coefficient (Wildman–Crippen LogP) is 3.19. The highest BCUT2D eigenvalue weighted by Gasteiger charge is 2.36. The summed E-state index contributed by atoms with van der Waals surface area (Å²) >= 11 is 0. The lowest BCUT2D eigenvalue weighted by atomic mass is 9.88. The number of ether oxygens (including phenoxy) is 1. The summed E-state index contributed by atoms with van der Waals surface area (Å²) in [5, 5.41) is 3.74. The van der Waals surface area contributed by atoms with Crippen molar-refractivity contribution in [1.29, 1.82) is 0 Å². The molecule has 0 aliphatic carbocycles. The van der Waals surface area contributed by atoms with Crippen molar-refractivity contribution in [2.75, 3.05) is 26.2 Å². The van der Waals surface area contributed by atoms with E-state index in [9.17, 15) is 0 Å². The highest BCUT2D eigenvalue weighted by molar-refractivity contribution is 4.95. The van der Waals surface area contributed by atoms with Gasteiger partial charge in [0.25, 0.3) is 0 Å². The zero-order valence-electron chi connectivity index (χ0n) is 13.8. The van der Waals surface area contributed by atoms with E-state index in [1.54, 1.807) is 0 Å². The molecule has 2 unspecified atom stereocenters. The average molecular weight is 282 g/mol. The van der Waals surface area contributed by atoms with Crippen molar-refractivity contribution >= 4 is 0 Å². The quantitative estimate of drug-likeness (QED) is 0.740. The van der Waals surface area contributed by atoms with Crippen LogP contribution in [-0.2, 0) is 4.74 Å². The van der Waals surface area contributed by atoms with Crippen molar-refractivity contribution in [3.63, 3.8) is 0 Å². The third-order valence-corrected chi connectivity index (χ3v) is 5.27. The summed E-state index contributed by atoms with van der Waals surface area (Å²) in [6, 6.07) is 0.604. The molecule has 2 heterocycles. The Kier molecular flexibility index (Phi) is 6.31. The molecule has 0 radical (unpaired) electrons. The maximum absolute atomic E-state index is 5.75. The second-order valence-corrected chi connectivity index (χ2v) is 7.02. The number of nitrogens with one attached hydrogen (secondary N) is 1. The Labute approximate surface area is 125 Å². The van der Waals surface area contributed by atoms with Crippen LogP contribution in [0.5, 0.6) is 0 Å². The molecule has 2 aliphatic rings.